The molecule has 1 fully saturated rings. The van der Waals surface area contributed by atoms with Crippen LogP contribution in [0.3, 0.4) is 0 Å². The summed E-state index contributed by atoms with van der Waals surface area (Å²) in [5.41, 5.74) is 1.29. The van der Waals surface area contributed by atoms with E-state index in [1.165, 1.54) is 0 Å². The van der Waals surface area contributed by atoms with E-state index in [-0.39, 0.29) is 30.5 Å². The zero-order valence-corrected chi connectivity index (χ0v) is 17.2. The quantitative estimate of drug-likeness (QED) is 0.615. The minimum atomic E-state index is -0.149. The van der Waals surface area contributed by atoms with E-state index in [0.29, 0.717) is 21.9 Å². The predicted molar refractivity (Wildman–Crippen MR) is 115 cm³/mol. The summed E-state index contributed by atoms with van der Waals surface area (Å²) in [6.45, 7) is -0.0342. The van der Waals surface area contributed by atoms with Crippen LogP contribution in [-0.2, 0) is 4.79 Å². The number of carbonyl (C=O) groups is 2. The summed E-state index contributed by atoms with van der Waals surface area (Å²) >= 11 is 5.83. The third-order valence-electron chi connectivity index (χ3n) is 5.33. The van der Waals surface area contributed by atoms with Crippen LogP contribution in [0.1, 0.15) is 36.0 Å². The van der Waals surface area contributed by atoms with Gasteiger partial charge in [-0.1, -0.05) is 17.7 Å². The van der Waals surface area contributed by atoms with Gasteiger partial charge in [-0.15, -0.1) is 0 Å². The molecular weight excluding hydrogens is 404 g/mol. The zero-order valence-electron chi connectivity index (χ0n) is 16.4. The molecule has 0 saturated heterocycles. The van der Waals surface area contributed by atoms with Crippen molar-refractivity contribution in [3.8, 4) is 5.75 Å². The van der Waals surface area contributed by atoms with Crippen LogP contribution in [0.5, 0.6) is 5.75 Å². The van der Waals surface area contributed by atoms with Crippen molar-refractivity contribution in [3.63, 3.8) is 0 Å². The van der Waals surface area contributed by atoms with Gasteiger partial charge in [0.15, 0.2) is 6.61 Å². The SMILES string of the molecule is O=C(COc1ccc(Cl)cc1)NC1CCC(NC(=O)c2ccc3ccoc3c2)CC1. The monoisotopic (exact) mass is 426 g/mol. The molecule has 1 aliphatic carbocycles. The van der Waals surface area contributed by atoms with E-state index in [0.717, 1.165) is 31.1 Å². The molecule has 1 aromatic heterocycles. The number of ether oxygens (including phenoxy) is 1. The summed E-state index contributed by atoms with van der Waals surface area (Å²) in [5, 5.41) is 7.69. The average molecular weight is 427 g/mol. The molecule has 0 atom stereocenters. The van der Waals surface area contributed by atoms with Gasteiger partial charge in [0, 0.05) is 28.1 Å². The molecule has 2 aromatic carbocycles. The van der Waals surface area contributed by atoms with Gasteiger partial charge in [0.05, 0.1) is 6.26 Å². The molecule has 3 aromatic rings. The van der Waals surface area contributed by atoms with E-state index in [4.69, 9.17) is 20.8 Å². The summed E-state index contributed by atoms with van der Waals surface area (Å²) < 4.78 is 10.8. The number of nitrogens with one attached hydrogen (secondary N) is 2. The van der Waals surface area contributed by atoms with Gasteiger partial charge in [0.25, 0.3) is 11.8 Å². The van der Waals surface area contributed by atoms with Crippen LogP contribution in [0.2, 0.25) is 5.02 Å². The third-order valence-corrected chi connectivity index (χ3v) is 5.58. The summed E-state index contributed by atoms with van der Waals surface area (Å²) in [4.78, 5) is 24.7. The van der Waals surface area contributed by atoms with E-state index in [1.54, 1.807) is 42.7 Å². The molecule has 0 radical (unpaired) electrons. The molecule has 30 heavy (non-hydrogen) atoms. The fourth-order valence-corrected chi connectivity index (χ4v) is 3.82. The molecule has 0 spiro atoms. The minimum absolute atomic E-state index is 0.0342. The van der Waals surface area contributed by atoms with E-state index in [2.05, 4.69) is 10.6 Å². The van der Waals surface area contributed by atoms with Crippen molar-refractivity contribution < 1.29 is 18.7 Å². The van der Waals surface area contributed by atoms with Crippen molar-refractivity contribution in [3.05, 3.63) is 65.4 Å². The lowest BCUT2D eigenvalue weighted by atomic mass is 9.91. The standard InChI is InChI=1S/C23H23ClN2O4/c24-17-3-9-20(10-4-17)30-14-22(27)25-18-5-7-19(8-6-18)26-23(28)16-2-1-15-11-12-29-21(15)13-16/h1-4,9-13,18-19H,5-8,14H2,(H,25,27)(H,26,28). The lowest BCUT2D eigenvalue weighted by Crippen LogP contribution is -2.44. The van der Waals surface area contributed by atoms with Crippen molar-refractivity contribution in [1.29, 1.82) is 0 Å². The van der Waals surface area contributed by atoms with E-state index in [1.807, 2.05) is 12.1 Å². The van der Waals surface area contributed by atoms with Gasteiger partial charge in [0.1, 0.15) is 11.3 Å². The van der Waals surface area contributed by atoms with E-state index >= 15 is 0 Å². The topological polar surface area (TPSA) is 80.6 Å². The highest BCUT2D eigenvalue weighted by Crippen LogP contribution is 2.21. The maximum absolute atomic E-state index is 12.5. The molecule has 2 amide bonds. The smallest absolute Gasteiger partial charge is 0.258 e. The summed E-state index contributed by atoms with van der Waals surface area (Å²) in [6, 6.07) is 14.4. The van der Waals surface area contributed by atoms with Crippen molar-refractivity contribution in [1.82, 2.24) is 10.6 Å². The molecule has 2 N–H and O–H groups in total. The van der Waals surface area contributed by atoms with Gasteiger partial charge in [-0.2, -0.15) is 0 Å². The minimum Gasteiger partial charge on any atom is -0.484 e. The second kappa shape index (κ2) is 9.22. The van der Waals surface area contributed by atoms with Crippen LogP contribution >= 0.6 is 11.6 Å². The van der Waals surface area contributed by atoms with Crippen molar-refractivity contribution in [2.45, 2.75) is 37.8 Å². The van der Waals surface area contributed by atoms with Gasteiger partial charge >= 0.3 is 0 Å². The van der Waals surface area contributed by atoms with Gasteiger partial charge in [-0.25, -0.2) is 0 Å². The second-order valence-electron chi connectivity index (χ2n) is 7.51. The van der Waals surface area contributed by atoms with Crippen LogP contribution < -0.4 is 15.4 Å². The average Bonchev–Trinajstić information content (AvgIpc) is 3.22. The highest BCUT2D eigenvalue weighted by Gasteiger charge is 2.24. The van der Waals surface area contributed by atoms with E-state index in [9.17, 15) is 9.59 Å². The number of furan rings is 1. The number of hydrogen-bond donors (Lipinski definition) is 2. The summed E-state index contributed by atoms with van der Waals surface area (Å²) in [5.74, 6) is 0.357. The molecule has 4 rings (SSSR count). The Morgan fingerprint density at radius 1 is 0.967 bits per heavy atom. The van der Waals surface area contributed by atoms with Gasteiger partial charge in [0.2, 0.25) is 0 Å². The van der Waals surface area contributed by atoms with Crippen LogP contribution in [-0.4, -0.2) is 30.5 Å². The Morgan fingerprint density at radius 2 is 1.67 bits per heavy atom. The molecular formula is C23H23ClN2O4. The van der Waals surface area contributed by atoms with Gasteiger partial charge in [-0.05, 0) is 68.1 Å². The largest absolute Gasteiger partial charge is 0.484 e. The first-order chi connectivity index (χ1) is 14.6. The van der Waals surface area contributed by atoms with Crippen LogP contribution in [0, 0.1) is 0 Å². The first-order valence-electron chi connectivity index (χ1n) is 10.0. The molecule has 0 aliphatic heterocycles. The maximum Gasteiger partial charge on any atom is 0.258 e. The van der Waals surface area contributed by atoms with Crippen molar-refractivity contribution >= 4 is 34.4 Å². The number of fused-ring (bicyclic) bond motifs is 1. The highest BCUT2D eigenvalue weighted by atomic mass is 35.5. The fraction of sp³-hybridized carbons (Fsp3) is 0.304. The van der Waals surface area contributed by atoms with Crippen LogP contribution in [0.25, 0.3) is 11.0 Å². The first kappa shape index (κ1) is 20.3. The van der Waals surface area contributed by atoms with E-state index < -0.39 is 0 Å². The third kappa shape index (κ3) is 5.13. The zero-order chi connectivity index (χ0) is 20.9. The summed E-state index contributed by atoms with van der Waals surface area (Å²) in [7, 11) is 0. The number of carbonyl (C=O) groups excluding carboxylic acids is 2. The molecule has 6 nitrogen and oxygen atoms in total. The van der Waals surface area contributed by atoms with Crippen molar-refractivity contribution in [2.75, 3.05) is 6.61 Å². The molecule has 1 aliphatic rings. The Labute approximate surface area is 179 Å². The Morgan fingerprint density at radius 3 is 2.40 bits per heavy atom. The van der Waals surface area contributed by atoms with Crippen LogP contribution in [0.15, 0.2) is 59.2 Å². The number of hydrogen-bond acceptors (Lipinski definition) is 4. The molecule has 7 heteroatoms. The normalized spacial score (nSPS) is 18.7. The maximum atomic E-state index is 12.5. The summed E-state index contributed by atoms with van der Waals surface area (Å²) in [6.07, 6.45) is 4.88. The van der Waals surface area contributed by atoms with Gasteiger partial charge in [-0.3, -0.25) is 9.59 Å². The second-order valence-corrected chi connectivity index (χ2v) is 7.94. The Hall–Kier alpha value is -2.99. The number of halogens is 1. The molecule has 0 unspecified atom stereocenters. The Balaban J connectivity index is 1.20. The molecule has 1 saturated carbocycles. The molecule has 0 bridgehead atoms. The lowest BCUT2D eigenvalue weighted by molar-refractivity contribution is -0.124. The first-order valence-corrected chi connectivity index (χ1v) is 10.4. The number of benzene rings is 2. The Bertz CT molecular complexity index is 1020. The predicted octanol–water partition coefficient (Wildman–Crippen LogP) is 4.32. The highest BCUT2D eigenvalue weighted by molar-refractivity contribution is 6.30. The number of amides is 2. The Kier molecular flexibility index (Phi) is 6.23. The van der Waals surface area contributed by atoms with Gasteiger partial charge < -0.3 is 19.8 Å². The van der Waals surface area contributed by atoms with Crippen LogP contribution in [0.4, 0.5) is 0 Å². The molecule has 156 valence electrons. The lowest BCUT2D eigenvalue weighted by Gasteiger charge is -2.29. The molecule has 1 heterocycles. The number of rotatable bonds is 6. The van der Waals surface area contributed by atoms with Crippen molar-refractivity contribution in [2.24, 2.45) is 0 Å². The fourth-order valence-electron chi connectivity index (χ4n) is 3.70.